The van der Waals surface area contributed by atoms with Crippen LogP contribution in [0.1, 0.15) is 22.1 Å². The summed E-state index contributed by atoms with van der Waals surface area (Å²) >= 11 is 6.29. The number of hydrogen-bond donors (Lipinski definition) is 2. The van der Waals surface area contributed by atoms with Gasteiger partial charge in [0.25, 0.3) is 5.91 Å². The Balaban J connectivity index is 0.00000144. The van der Waals surface area contributed by atoms with Gasteiger partial charge < -0.3 is 16.0 Å². The molecule has 1 amide bonds. The van der Waals surface area contributed by atoms with E-state index in [1.54, 1.807) is 4.90 Å². The van der Waals surface area contributed by atoms with E-state index < -0.39 is 0 Å². The van der Waals surface area contributed by atoms with Gasteiger partial charge in [-0.05, 0) is 11.6 Å². The van der Waals surface area contributed by atoms with Crippen molar-refractivity contribution in [3.8, 4) is 0 Å². The van der Waals surface area contributed by atoms with Crippen molar-refractivity contribution in [1.29, 1.82) is 0 Å². The highest BCUT2D eigenvalue weighted by Crippen LogP contribution is 2.29. The Kier molecular flexibility index (Phi) is 7.69. The minimum atomic E-state index is -0.225. The van der Waals surface area contributed by atoms with Gasteiger partial charge >= 0.3 is 0 Å². The van der Waals surface area contributed by atoms with E-state index in [9.17, 15) is 4.79 Å². The summed E-state index contributed by atoms with van der Waals surface area (Å²) in [7, 11) is 0. The fourth-order valence-corrected chi connectivity index (χ4v) is 2.88. The molecule has 0 saturated carbocycles. The predicted molar refractivity (Wildman–Crippen MR) is 99.0 cm³/mol. The van der Waals surface area contributed by atoms with Crippen LogP contribution in [0.5, 0.6) is 0 Å². The third-order valence-corrected chi connectivity index (χ3v) is 4.04. The van der Waals surface area contributed by atoms with E-state index in [2.05, 4.69) is 15.3 Å². The van der Waals surface area contributed by atoms with Crippen LogP contribution in [0.2, 0.25) is 5.02 Å². The molecule has 1 fully saturated rings. The summed E-state index contributed by atoms with van der Waals surface area (Å²) in [4.78, 5) is 22.5. The average molecular weight is 391 g/mol. The number of nitrogens with two attached hydrogens (primary N) is 1. The van der Waals surface area contributed by atoms with Crippen molar-refractivity contribution >= 4 is 48.1 Å². The number of aromatic nitrogens is 2. The number of nitrogens with one attached hydrogen (secondary N) is 1. The highest BCUT2D eigenvalue weighted by atomic mass is 35.5. The molecule has 9 heteroatoms. The molecule has 3 N–H and O–H groups in total. The molecule has 0 bridgehead atoms. The monoisotopic (exact) mass is 389 g/mol. The third kappa shape index (κ3) is 4.08. The lowest BCUT2D eigenvalue weighted by Crippen LogP contribution is -2.49. The number of carbonyl (C=O) groups excluding carboxylic acids is 1. The van der Waals surface area contributed by atoms with Crippen molar-refractivity contribution in [3.05, 3.63) is 52.9 Å². The second kappa shape index (κ2) is 9.03. The predicted octanol–water partition coefficient (Wildman–Crippen LogP) is 2.34. The summed E-state index contributed by atoms with van der Waals surface area (Å²) in [6, 6.07) is 7.38. The molecule has 130 valence electrons. The Labute approximate surface area is 157 Å². The van der Waals surface area contributed by atoms with Crippen molar-refractivity contribution in [2.24, 2.45) is 0 Å². The van der Waals surface area contributed by atoms with Gasteiger partial charge in [0.15, 0.2) is 11.5 Å². The number of hydrogen-bond acceptors (Lipinski definition) is 5. The number of halogens is 3. The molecule has 1 atom stereocenters. The molecule has 0 aliphatic carbocycles. The van der Waals surface area contributed by atoms with Gasteiger partial charge in [-0.25, -0.2) is 9.97 Å². The van der Waals surface area contributed by atoms with Crippen molar-refractivity contribution in [3.63, 3.8) is 0 Å². The van der Waals surface area contributed by atoms with Crippen LogP contribution in [0.4, 0.5) is 5.82 Å². The lowest BCUT2D eigenvalue weighted by molar-refractivity contribution is 0.0629. The number of nitrogen functional groups attached to an aromatic ring is 1. The zero-order valence-corrected chi connectivity index (χ0v) is 15.1. The summed E-state index contributed by atoms with van der Waals surface area (Å²) < 4.78 is 0. The first-order valence-corrected chi connectivity index (χ1v) is 7.39. The standard InChI is InChI=1S/C15H16ClN5O.2ClH/c16-11-4-2-1-3-10(11)12-9-18-7-8-21(12)15(22)13-14(17)20-6-5-19-13;;/h1-6,12,18H,7-9H2,(H2,17,20);2*1H. The third-order valence-electron chi connectivity index (χ3n) is 3.70. The molecule has 3 rings (SSSR count). The topological polar surface area (TPSA) is 84.1 Å². The van der Waals surface area contributed by atoms with Gasteiger partial charge in [-0.15, -0.1) is 24.8 Å². The molecule has 2 aromatic rings. The van der Waals surface area contributed by atoms with Crippen LogP contribution in [-0.2, 0) is 0 Å². The fraction of sp³-hybridized carbons (Fsp3) is 0.267. The second-order valence-corrected chi connectivity index (χ2v) is 5.44. The van der Waals surface area contributed by atoms with E-state index in [0.717, 1.165) is 5.56 Å². The van der Waals surface area contributed by atoms with Gasteiger partial charge in [-0.2, -0.15) is 0 Å². The Hall–Kier alpha value is -1.60. The van der Waals surface area contributed by atoms with E-state index in [1.165, 1.54) is 12.4 Å². The van der Waals surface area contributed by atoms with Crippen LogP contribution in [0.25, 0.3) is 0 Å². The average Bonchev–Trinajstić information content (AvgIpc) is 2.55. The number of anilines is 1. The number of amides is 1. The highest BCUT2D eigenvalue weighted by Gasteiger charge is 2.31. The van der Waals surface area contributed by atoms with Crippen molar-refractivity contribution in [2.75, 3.05) is 25.4 Å². The van der Waals surface area contributed by atoms with Crippen LogP contribution in [0, 0.1) is 0 Å². The fourth-order valence-electron chi connectivity index (χ4n) is 2.62. The smallest absolute Gasteiger partial charge is 0.276 e. The molecule has 2 heterocycles. The van der Waals surface area contributed by atoms with Gasteiger partial charge in [-0.3, -0.25) is 4.79 Å². The lowest BCUT2D eigenvalue weighted by Gasteiger charge is -2.36. The zero-order chi connectivity index (χ0) is 15.5. The summed E-state index contributed by atoms with van der Waals surface area (Å²) in [5, 5.41) is 3.93. The number of benzene rings is 1. The second-order valence-electron chi connectivity index (χ2n) is 5.03. The van der Waals surface area contributed by atoms with Crippen LogP contribution >= 0.6 is 36.4 Å². The van der Waals surface area contributed by atoms with Crippen LogP contribution < -0.4 is 11.1 Å². The normalized spacial score (nSPS) is 16.7. The minimum absolute atomic E-state index is 0. The summed E-state index contributed by atoms with van der Waals surface area (Å²) in [6.45, 7) is 1.91. The first-order valence-electron chi connectivity index (χ1n) is 7.01. The molecule has 1 saturated heterocycles. The number of nitrogens with zero attached hydrogens (tertiary/aromatic N) is 3. The van der Waals surface area contributed by atoms with Gasteiger partial charge in [0.2, 0.25) is 0 Å². The van der Waals surface area contributed by atoms with Crippen LogP contribution in [-0.4, -0.2) is 40.4 Å². The van der Waals surface area contributed by atoms with E-state index in [-0.39, 0.29) is 48.3 Å². The van der Waals surface area contributed by atoms with Gasteiger partial charge in [0, 0.05) is 37.1 Å². The molecule has 24 heavy (non-hydrogen) atoms. The molecule has 6 nitrogen and oxygen atoms in total. The largest absolute Gasteiger partial charge is 0.382 e. The van der Waals surface area contributed by atoms with Gasteiger partial charge in [0.05, 0.1) is 6.04 Å². The van der Waals surface area contributed by atoms with Crippen molar-refractivity contribution in [1.82, 2.24) is 20.2 Å². The first-order chi connectivity index (χ1) is 10.7. The molecule has 1 aliphatic heterocycles. The molecular formula is C15H18Cl3N5O. The molecule has 1 aliphatic rings. The first kappa shape index (κ1) is 20.4. The maximum atomic E-state index is 12.8. The van der Waals surface area contributed by atoms with Crippen LogP contribution in [0.3, 0.4) is 0 Å². The number of rotatable bonds is 2. The molecular weight excluding hydrogens is 373 g/mol. The summed E-state index contributed by atoms with van der Waals surface area (Å²) in [5.41, 5.74) is 6.87. The minimum Gasteiger partial charge on any atom is -0.382 e. The van der Waals surface area contributed by atoms with Gasteiger partial charge in [-0.1, -0.05) is 29.8 Å². The highest BCUT2D eigenvalue weighted by molar-refractivity contribution is 6.31. The molecule has 0 radical (unpaired) electrons. The van der Waals surface area contributed by atoms with E-state index in [1.807, 2.05) is 24.3 Å². The summed E-state index contributed by atoms with van der Waals surface area (Å²) in [5.74, 6) is -0.0824. The SMILES string of the molecule is Cl.Cl.Nc1nccnc1C(=O)N1CCNCC1c1ccccc1Cl. The quantitative estimate of drug-likeness (QED) is 0.822. The maximum absolute atomic E-state index is 12.8. The van der Waals surface area contributed by atoms with Crippen molar-refractivity contribution in [2.45, 2.75) is 6.04 Å². The van der Waals surface area contributed by atoms with E-state index in [4.69, 9.17) is 17.3 Å². The molecule has 1 aromatic carbocycles. The molecule has 0 spiro atoms. The van der Waals surface area contributed by atoms with Crippen molar-refractivity contribution < 1.29 is 4.79 Å². The Morgan fingerprint density at radius 1 is 1.25 bits per heavy atom. The Bertz CT molecular complexity index is 700. The van der Waals surface area contributed by atoms with Gasteiger partial charge in [0.1, 0.15) is 0 Å². The zero-order valence-electron chi connectivity index (χ0n) is 12.7. The number of piperazine rings is 1. The van der Waals surface area contributed by atoms with Crippen LogP contribution in [0.15, 0.2) is 36.7 Å². The lowest BCUT2D eigenvalue weighted by atomic mass is 10.0. The van der Waals surface area contributed by atoms with E-state index in [0.29, 0.717) is 24.7 Å². The molecule has 1 aromatic heterocycles. The number of carbonyl (C=O) groups is 1. The Morgan fingerprint density at radius 3 is 2.67 bits per heavy atom. The Morgan fingerprint density at radius 2 is 1.96 bits per heavy atom. The van der Waals surface area contributed by atoms with E-state index >= 15 is 0 Å². The molecule has 1 unspecified atom stereocenters. The maximum Gasteiger partial charge on any atom is 0.276 e. The summed E-state index contributed by atoms with van der Waals surface area (Å²) in [6.07, 6.45) is 2.94.